The lowest BCUT2D eigenvalue weighted by molar-refractivity contribution is -0.384. The van der Waals surface area contributed by atoms with Gasteiger partial charge in [0.25, 0.3) is 5.69 Å². The summed E-state index contributed by atoms with van der Waals surface area (Å²) in [6.45, 7) is 0.596. The molecule has 3 rings (SSSR count). The summed E-state index contributed by atoms with van der Waals surface area (Å²) in [6, 6.07) is 5.13. The molecule has 0 aromatic heterocycles. The number of nitro benzene ring substituents is 1. The van der Waals surface area contributed by atoms with Gasteiger partial charge in [-0.15, -0.1) is 12.4 Å². The number of nitro groups is 1. The SMILES string of the molecule is Cl.NCC1CC2CCC(C1)N2S(=O)(=O)c1ccc([N+](=O)[O-])cc1. The van der Waals surface area contributed by atoms with Gasteiger partial charge >= 0.3 is 0 Å². The van der Waals surface area contributed by atoms with Gasteiger partial charge in [0, 0.05) is 24.2 Å². The third-order valence-electron chi connectivity index (χ3n) is 4.72. The molecule has 2 unspecified atom stereocenters. The Hall–Kier alpha value is -1.22. The standard InChI is InChI=1S/C14H19N3O4S.ClH/c15-9-10-7-12-1-2-13(8-10)16(12)22(20,21)14-5-3-11(4-6-14)17(18)19;/h3-6,10,12-13H,1-2,7-9,15H2;1H. The van der Waals surface area contributed by atoms with Crippen LogP contribution in [-0.4, -0.2) is 36.3 Å². The molecule has 2 fully saturated rings. The van der Waals surface area contributed by atoms with Gasteiger partial charge in [-0.05, 0) is 50.3 Å². The van der Waals surface area contributed by atoms with E-state index in [1.807, 2.05) is 0 Å². The minimum Gasteiger partial charge on any atom is -0.330 e. The lowest BCUT2D eigenvalue weighted by atomic mass is 9.93. The van der Waals surface area contributed by atoms with E-state index in [0.717, 1.165) is 25.7 Å². The third kappa shape index (κ3) is 3.21. The maximum Gasteiger partial charge on any atom is 0.269 e. The van der Waals surface area contributed by atoms with Crippen LogP contribution in [0.3, 0.4) is 0 Å². The van der Waals surface area contributed by atoms with Crippen molar-refractivity contribution in [1.29, 1.82) is 0 Å². The summed E-state index contributed by atoms with van der Waals surface area (Å²) in [7, 11) is -3.60. The van der Waals surface area contributed by atoms with E-state index in [9.17, 15) is 18.5 Å². The molecule has 1 aromatic rings. The highest BCUT2D eigenvalue weighted by Gasteiger charge is 2.46. The van der Waals surface area contributed by atoms with Crippen LogP contribution in [0.2, 0.25) is 0 Å². The highest BCUT2D eigenvalue weighted by molar-refractivity contribution is 7.89. The van der Waals surface area contributed by atoms with E-state index >= 15 is 0 Å². The van der Waals surface area contributed by atoms with E-state index in [2.05, 4.69) is 0 Å². The Morgan fingerprint density at radius 1 is 1.17 bits per heavy atom. The third-order valence-corrected chi connectivity index (χ3v) is 6.74. The van der Waals surface area contributed by atoms with E-state index in [1.54, 1.807) is 4.31 Å². The van der Waals surface area contributed by atoms with Gasteiger partial charge in [0.1, 0.15) is 0 Å². The summed E-state index contributed by atoms with van der Waals surface area (Å²) in [5.41, 5.74) is 5.63. The number of sulfonamides is 1. The molecule has 7 nitrogen and oxygen atoms in total. The van der Waals surface area contributed by atoms with Crippen LogP contribution in [0.25, 0.3) is 0 Å². The second kappa shape index (κ2) is 6.72. The smallest absolute Gasteiger partial charge is 0.269 e. The van der Waals surface area contributed by atoms with Crippen molar-refractivity contribution in [3.63, 3.8) is 0 Å². The average Bonchev–Trinajstić information content (AvgIpc) is 2.79. The molecule has 2 heterocycles. The van der Waals surface area contributed by atoms with E-state index in [4.69, 9.17) is 5.73 Å². The van der Waals surface area contributed by atoms with Crippen LogP contribution in [0, 0.1) is 16.0 Å². The fourth-order valence-corrected chi connectivity index (χ4v) is 5.58. The van der Waals surface area contributed by atoms with Crippen molar-refractivity contribution in [2.75, 3.05) is 6.54 Å². The summed E-state index contributed by atoms with van der Waals surface area (Å²) < 4.78 is 27.3. The van der Waals surface area contributed by atoms with Gasteiger partial charge < -0.3 is 5.73 Å². The molecule has 0 aliphatic carbocycles. The number of fused-ring (bicyclic) bond motifs is 2. The van der Waals surface area contributed by atoms with Crippen molar-refractivity contribution in [2.45, 2.75) is 42.7 Å². The summed E-state index contributed by atoms with van der Waals surface area (Å²) in [5, 5.41) is 10.7. The lowest BCUT2D eigenvalue weighted by Gasteiger charge is -2.37. The molecule has 2 aliphatic heterocycles. The largest absolute Gasteiger partial charge is 0.330 e. The first-order valence-corrected chi connectivity index (χ1v) is 8.85. The number of hydrogen-bond donors (Lipinski definition) is 1. The van der Waals surface area contributed by atoms with E-state index in [0.29, 0.717) is 12.5 Å². The minimum atomic E-state index is -3.60. The molecule has 2 aliphatic rings. The molecule has 9 heteroatoms. The Kier molecular flexibility index (Phi) is 5.30. The topological polar surface area (TPSA) is 107 Å². The zero-order chi connectivity index (χ0) is 15.9. The zero-order valence-electron chi connectivity index (χ0n) is 12.5. The predicted molar refractivity (Wildman–Crippen MR) is 88.0 cm³/mol. The highest BCUT2D eigenvalue weighted by Crippen LogP contribution is 2.41. The number of nitrogens with two attached hydrogens (primary N) is 1. The van der Waals surface area contributed by atoms with Gasteiger partial charge in [0.15, 0.2) is 0 Å². The Morgan fingerprint density at radius 3 is 2.13 bits per heavy atom. The van der Waals surface area contributed by atoms with Crippen molar-refractivity contribution >= 4 is 28.1 Å². The Morgan fingerprint density at radius 2 is 1.70 bits per heavy atom. The number of benzene rings is 1. The number of hydrogen-bond acceptors (Lipinski definition) is 5. The minimum absolute atomic E-state index is 0. The molecular weight excluding hydrogens is 342 g/mol. The Bertz CT molecular complexity index is 666. The van der Waals surface area contributed by atoms with E-state index in [-0.39, 0.29) is 35.1 Å². The first-order valence-electron chi connectivity index (χ1n) is 7.41. The van der Waals surface area contributed by atoms with E-state index in [1.165, 1.54) is 24.3 Å². The van der Waals surface area contributed by atoms with Crippen LogP contribution in [0.4, 0.5) is 5.69 Å². The van der Waals surface area contributed by atoms with E-state index < -0.39 is 14.9 Å². The molecule has 2 saturated heterocycles. The van der Waals surface area contributed by atoms with Gasteiger partial charge in [-0.25, -0.2) is 8.42 Å². The van der Waals surface area contributed by atoms with Crippen LogP contribution in [0.1, 0.15) is 25.7 Å². The van der Waals surface area contributed by atoms with Gasteiger partial charge in [-0.1, -0.05) is 0 Å². The van der Waals surface area contributed by atoms with Gasteiger partial charge in [-0.3, -0.25) is 10.1 Å². The van der Waals surface area contributed by atoms with Crippen molar-refractivity contribution < 1.29 is 13.3 Å². The normalized spacial score (nSPS) is 27.4. The average molecular weight is 362 g/mol. The lowest BCUT2D eigenvalue weighted by Crippen LogP contribution is -2.47. The van der Waals surface area contributed by atoms with Crippen molar-refractivity contribution in [1.82, 2.24) is 4.31 Å². The molecular formula is C14H20ClN3O4S. The molecule has 2 atom stereocenters. The summed E-state index contributed by atoms with van der Waals surface area (Å²) in [6.07, 6.45) is 3.35. The van der Waals surface area contributed by atoms with Crippen LogP contribution in [-0.2, 0) is 10.0 Å². The first-order chi connectivity index (χ1) is 10.4. The summed E-state index contributed by atoms with van der Waals surface area (Å²) in [5.74, 6) is 0.390. The monoisotopic (exact) mass is 361 g/mol. The van der Waals surface area contributed by atoms with Crippen molar-refractivity contribution in [2.24, 2.45) is 11.7 Å². The Balaban J connectivity index is 0.00000192. The molecule has 23 heavy (non-hydrogen) atoms. The number of halogens is 1. The maximum atomic E-state index is 12.8. The number of rotatable bonds is 4. The van der Waals surface area contributed by atoms with Crippen LogP contribution < -0.4 is 5.73 Å². The van der Waals surface area contributed by atoms with Gasteiger partial charge in [0.05, 0.1) is 9.82 Å². The molecule has 0 spiro atoms. The van der Waals surface area contributed by atoms with Crippen LogP contribution in [0.15, 0.2) is 29.2 Å². The van der Waals surface area contributed by atoms with Crippen LogP contribution >= 0.6 is 12.4 Å². The maximum absolute atomic E-state index is 12.8. The highest BCUT2D eigenvalue weighted by atomic mass is 35.5. The fourth-order valence-electron chi connectivity index (χ4n) is 3.69. The number of non-ortho nitro benzene ring substituents is 1. The molecule has 0 saturated carbocycles. The fraction of sp³-hybridized carbons (Fsp3) is 0.571. The summed E-state index contributed by atoms with van der Waals surface area (Å²) >= 11 is 0. The second-order valence-corrected chi connectivity index (χ2v) is 7.89. The summed E-state index contributed by atoms with van der Waals surface area (Å²) in [4.78, 5) is 10.3. The molecule has 1 aromatic carbocycles. The first kappa shape index (κ1) is 18.1. The van der Waals surface area contributed by atoms with Gasteiger partial charge in [0.2, 0.25) is 10.0 Å². The quantitative estimate of drug-likeness (QED) is 0.651. The zero-order valence-corrected chi connectivity index (χ0v) is 14.1. The van der Waals surface area contributed by atoms with Crippen molar-refractivity contribution in [3.8, 4) is 0 Å². The predicted octanol–water partition coefficient (Wildman–Crippen LogP) is 1.91. The molecule has 128 valence electrons. The molecule has 2 N–H and O–H groups in total. The number of nitrogens with zero attached hydrogens (tertiary/aromatic N) is 2. The van der Waals surface area contributed by atoms with Gasteiger partial charge in [-0.2, -0.15) is 4.31 Å². The molecule has 2 bridgehead atoms. The number of piperidine rings is 1. The van der Waals surface area contributed by atoms with Crippen molar-refractivity contribution in [3.05, 3.63) is 34.4 Å². The second-order valence-electron chi connectivity index (χ2n) is 6.04. The van der Waals surface area contributed by atoms with Crippen LogP contribution in [0.5, 0.6) is 0 Å². The molecule has 0 amide bonds. The Labute approximate surface area is 141 Å². The molecule has 0 radical (unpaired) electrons.